The maximum absolute atomic E-state index is 11.9. The molecular formula is C17H28N2O3S. The fourth-order valence-electron chi connectivity index (χ4n) is 2.20. The molecular weight excluding hydrogens is 312 g/mol. The van der Waals surface area contributed by atoms with Gasteiger partial charge in [0.2, 0.25) is 15.9 Å². The van der Waals surface area contributed by atoms with Gasteiger partial charge in [0, 0.05) is 19.0 Å². The molecule has 0 aromatic heterocycles. The van der Waals surface area contributed by atoms with Crippen LogP contribution < -0.4 is 10.0 Å². The second kappa shape index (κ2) is 9.67. The van der Waals surface area contributed by atoms with Crippen molar-refractivity contribution in [3.05, 3.63) is 35.4 Å². The minimum Gasteiger partial charge on any atom is -0.352 e. The van der Waals surface area contributed by atoms with Crippen molar-refractivity contribution in [2.45, 2.75) is 64.8 Å². The van der Waals surface area contributed by atoms with Crippen molar-refractivity contribution in [1.82, 2.24) is 10.0 Å². The van der Waals surface area contributed by atoms with Crippen LogP contribution in [-0.2, 0) is 27.1 Å². The molecule has 1 aromatic carbocycles. The summed E-state index contributed by atoms with van der Waals surface area (Å²) >= 11 is 0. The van der Waals surface area contributed by atoms with Gasteiger partial charge in [0.15, 0.2) is 0 Å². The van der Waals surface area contributed by atoms with Gasteiger partial charge in [-0.1, -0.05) is 44.0 Å². The number of hydrogen-bond donors (Lipinski definition) is 2. The van der Waals surface area contributed by atoms with Crippen LogP contribution in [0.4, 0.5) is 0 Å². The summed E-state index contributed by atoms with van der Waals surface area (Å²) in [6.45, 7) is 6.17. The first-order chi connectivity index (χ1) is 10.8. The van der Waals surface area contributed by atoms with E-state index in [4.69, 9.17) is 0 Å². The molecule has 0 aliphatic heterocycles. The van der Waals surface area contributed by atoms with Gasteiger partial charge in [0.1, 0.15) is 0 Å². The number of nitrogens with one attached hydrogen (secondary N) is 2. The third-order valence-corrected chi connectivity index (χ3v) is 4.84. The summed E-state index contributed by atoms with van der Waals surface area (Å²) in [5.41, 5.74) is 1.70. The lowest BCUT2D eigenvalue weighted by Crippen LogP contribution is -2.31. The number of rotatable bonds is 10. The van der Waals surface area contributed by atoms with E-state index in [1.54, 1.807) is 26.0 Å². The van der Waals surface area contributed by atoms with E-state index in [-0.39, 0.29) is 17.7 Å². The smallest absolute Gasteiger partial charge is 0.220 e. The Morgan fingerprint density at radius 1 is 1.09 bits per heavy atom. The van der Waals surface area contributed by atoms with E-state index in [9.17, 15) is 13.2 Å². The fourth-order valence-corrected chi connectivity index (χ4v) is 3.63. The van der Waals surface area contributed by atoms with E-state index in [0.717, 1.165) is 30.4 Å². The van der Waals surface area contributed by atoms with Crippen LogP contribution >= 0.6 is 0 Å². The van der Waals surface area contributed by atoms with Crippen LogP contribution in [0, 0.1) is 0 Å². The molecule has 23 heavy (non-hydrogen) atoms. The molecule has 0 heterocycles. The summed E-state index contributed by atoms with van der Waals surface area (Å²) in [6, 6.07) is 7.18. The highest BCUT2D eigenvalue weighted by Gasteiger charge is 2.12. The lowest BCUT2D eigenvalue weighted by molar-refractivity contribution is -0.121. The number of carbonyl (C=O) groups excluding carboxylic acids is 1. The number of amides is 1. The largest absolute Gasteiger partial charge is 0.352 e. The summed E-state index contributed by atoms with van der Waals surface area (Å²) in [7, 11) is -3.31. The van der Waals surface area contributed by atoms with E-state index >= 15 is 0 Å². The van der Waals surface area contributed by atoms with Crippen molar-refractivity contribution in [3.63, 3.8) is 0 Å². The predicted octanol–water partition coefficient (Wildman–Crippen LogP) is 2.71. The number of hydrogen-bond acceptors (Lipinski definition) is 3. The molecule has 0 atom stereocenters. The Hall–Kier alpha value is -1.40. The van der Waals surface area contributed by atoms with Gasteiger partial charge < -0.3 is 5.32 Å². The summed E-state index contributed by atoms with van der Waals surface area (Å²) in [5, 5.41) is 2.88. The van der Waals surface area contributed by atoms with E-state index in [2.05, 4.69) is 17.0 Å². The highest BCUT2D eigenvalue weighted by molar-refractivity contribution is 7.88. The summed E-state index contributed by atoms with van der Waals surface area (Å²) in [5.74, 6) is 0.0284. The normalized spacial score (nSPS) is 11.7. The Balaban J connectivity index is 2.46. The molecule has 6 heteroatoms. The van der Waals surface area contributed by atoms with Crippen LogP contribution in [0.5, 0.6) is 0 Å². The molecule has 0 fully saturated rings. The molecule has 0 unspecified atom stereocenters. The Morgan fingerprint density at radius 3 is 2.26 bits per heavy atom. The van der Waals surface area contributed by atoms with Gasteiger partial charge in [-0.3, -0.25) is 4.79 Å². The van der Waals surface area contributed by atoms with Crippen LogP contribution in [0.15, 0.2) is 24.3 Å². The van der Waals surface area contributed by atoms with Gasteiger partial charge in [-0.2, -0.15) is 0 Å². The fraction of sp³-hybridized carbons (Fsp3) is 0.588. The van der Waals surface area contributed by atoms with Gasteiger partial charge in [0.05, 0.1) is 5.75 Å². The van der Waals surface area contributed by atoms with Crippen LogP contribution in [0.3, 0.4) is 0 Å². The average Bonchev–Trinajstić information content (AvgIpc) is 2.45. The number of sulfonamides is 1. The second-order valence-corrected chi connectivity index (χ2v) is 7.84. The predicted molar refractivity (Wildman–Crippen MR) is 93.3 cm³/mol. The minimum atomic E-state index is -3.31. The molecule has 1 amide bonds. The number of benzene rings is 1. The van der Waals surface area contributed by atoms with Crippen molar-refractivity contribution in [2.24, 2.45) is 0 Å². The molecule has 1 rings (SSSR count). The molecule has 0 bridgehead atoms. The molecule has 0 aliphatic carbocycles. The first-order valence-corrected chi connectivity index (χ1v) is 9.82. The monoisotopic (exact) mass is 340 g/mol. The quantitative estimate of drug-likeness (QED) is 0.643. The highest BCUT2D eigenvalue weighted by atomic mass is 32.2. The van der Waals surface area contributed by atoms with Gasteiger partial charge in [-0.25, -0.2) is 13.1 Å². The molecule has 0 radical (unpaired) electrons. The Labute approximate surface area is 139 Å². The molecule has 0 spiro atoms. The third-order valence-electron chi connectivity index (χ3n) is 3.29. The third kappa shape index (κ3) is 8.71. The molecule has 1 aromatic rings. The molecule has 0 aliphatic rings. The lowest BCUT2D eigenvalue weighted by atomic mass is 10.1. The van der Waals surface area contributed by atoms with Crippen molar-refractivity contribution in [2.75, 3.05) is 0 Å². The van der Waals surface area contributed by atoms with E-state index < -0.39 is 10.0 Å². The summed E-state index contributed by atoms with van der Waals surface area (Å²) in [4.78, 5) is 11.6. The summed E-state index contributed by atoms with van der Waals surface area (Å²) < 4.78 is 26.3. The Bertz CT molecular complexity index is 580. The van der Waals surface area contributed by atoms with Crippen molar-refractivity contribution >= 4 is 15.9 Å². The maximum Gasteiger partial charge on any atom is 0.220 e. The van der Waals surface area contributed by atoms with E-state index in [1.807, 2.05) is 12.1 Å². The Morgan fingerprint density at radius 2 is 1.70 bits per heavy atom. The van der Waals surface area contributed by atoms with Crippen LogP contribution in [0.25, 0.3) is 0 Å². The average molecular weight is 340 g/mol. The zero-order valence-corrected chi connectivity index (χ0v) is 15.1. The minimum absolute atomic E-state index is 0.0329. The SMILES string of the molecule is CCCCCC(=O)NCc1ccc(CS(=O)(=O)NC(C)C)cc1. The maximum atomic E-state index is 11.9. The molecule has 5 nitrogen and oxygen atoms in total. The first-order valence-electron chi connectivity index (χ1n) is 8.17. The topological polar surface area (TPSA) is 75.3 Å². The zero-order valence-electron chi connectivity index (χ0n) is 14.3. The van der Waals surface area contributed by atoms with Crippen LogP contribution in [-0.4, -0.2) is 20.4 Å². The van der Waals surface area contributed by atoms with Crippen molar-refractivity contribution in [1.29, 1.82) is 0 Å². The van der Waals surface area contributed by atoms with Crippen LogP contribution in [0.2, 0.25) is 0 Å². The number of carbonyl (C=O) groups is 1. The lowest BCUT2D eigenvalue weighted by Gasteiger charge is -2.10. The van der Waals surface area contributed by atoms with Crippen molar-refractivity contribution in [3.8, 4) is 0 Å². The molecule has 0 saturated carbocycles. The van der Waals surface area contributed by atoms with Gasteiger partial charge in [-0.05, 0) is 31.4 Å². The second-order valence-electron chi connectivity index (χ2n) is 6.08. The van der Waals surface area contributed by atoms with Crippen molar-refractivity contribution < 1.29 is 13.2 Å². The van der Waals surface area contributed by atoms with Gasteiger partial charge in [-0.15, -0.1) is 0 Å². The molecule has 0 saturated heterocycles. The number of unbranched alkanes of at least 4 members (excludes halogenated alkanes) is 2. The molecule has 130 valence electrons. The van der Waals surface area contributed by atoms with Crippen LogP contribution in [0.1, 0.15) is 57.6 Å². The molecule has 2 N–H and O–H groups in total. The standard InChI is InChI=1S/C17H28N2O3S/c1-4-5-6-7-17(20)18-12-15-8-10-16(11-9-15)13-23(21,22)19-14(2)3/h8-11,14,19H,4-7,12-13H2,1-3H3,(H,18,20). The van der Waals surface area contributed by atoms with E-state index in [1.165, 1.54) is 0 Å². The van der Waals surface area contributed by atoms with Gasteiger partial charge >= 0.3 is 0 Å². The first kappa shape index (κ1) is 19.6. The highest BCUT2D eigenvalue weighted by Crippen LogP contribution is 2.08. The van der Waals surface area contributed by atoms with E-state index in [0.29, 0.717) is 13.0 Å². The van der Waals surface area contributed by atoms with Gasteiger partial charge in [0.25, 0.3) is 0 Å². The summed E-state index contributed by atoms with van der Waals surface area (Å²) in [6.07, 6.45) is 3.65. The Kier molecular flexibility index (Phi) is 8.26. The zero-order chi connectivity index (χ0) is 17.3.